The smallest absolute Gasteiger partial charge is 0.254 e. The molecule has 1 aromatic rings. The molecular formula is C17H25N3O2. The molecule has 1 N–H and O–H groups in total. The highest BCUT2D eigenvalue weighted by Crippen LogP contribution is 2.26. The minimum absolute atomic E-state index is 0.0104. The highest BCUT2D eigenvalue weighted by atomic mass is 16.2. The number of fused-ring (bicyclic) bond motifs is 1. The lowest BCUT2D eigenvalue weighted by atomic mass is 9.97. The topological polar surface area (TPSA) is 52.7 Å². The van der Waals surface area contributed by atoms with Crippen LogP contribution < -0.4 is 5.32 Å². The van der Waals surface area contributed by atoms with Gasteiger partial charge in [0.05, 0.1) is 6.54 Å². The van der Waals surface area contributed by atoms with Crippen molar-refractivity contribution in [2.75, 3.05) is 38.5 Å². The van der Waals surface area contributed by atoms with E-state index in [9.17, 15) is 9.59 Å². The van der Waals surface area contributed by atoms with Crippen molar-refractivity contribution in [1.29, 1.82) is 0 Å². The Kier molecular flexibility index (Phi) is 5.41. The predicted molar refractivity (Wildman–Crippen MR) is 88.1 cm³/mol. The van der Waals surface area contributed by atoms with Gasteiger partial charge in [-0.25, -0.2) is 0 Å². The molecule has 0 aliphatic carbocycles. The summed E-state index contributed by atoms with van der Waals surface area (Å²) in [7, 11) is 1.69. The number of likely N-dealkylation sites (N-methyl/N-ethyl adjacent to an activating group) is 2. The monoisotopic (exact) mass is 303 g/mol. The zero-order chi connectivity index (χ0) is 16.1. The van der Waals surface area contributed by atoms with Crippen LogP contribution in [0.5, 0.6) is 0 Å². The molecule has 1 aliphatic rings. The summed E-state index contributed by atoms with van der Waals surface area (Å²) in [4.78, 5) is 28.1. The lowest BCUT2D eigenvalue weighted by Crippen LogP contribution is -2.41. The van der Waals surface area contributed by atoms with Gasteiger partial charge in [0.25, 0.3) is 5.91 Å². The molecule has 0 radical (unpaired) electrons. The number of carbonyl (C=O) groups excluding carboxylic acids is 2. The van der Waals surface area contributed by atoms with E-state index in [-0.39, 0.29) is 18.4 Å². The van der Waals surface area contributed by atoms with Crippen LogP contribution in [0, 0.1) is 0 Å². The molecule has 22 heavy (non-hydrogen) atoms. The van der Waals surface area contributed by atoms with Crippen LogP contribution in [0.25, 0.3) is 0 Å². The van der Waals surface area contributed by atoms with Crippen molar-refractivity contribution in [1.82, 2.24) is 9.80 Å². The first-order chi connectivity index (χ1) is 10.6. The predicted octanol–water partition coefficient (Wildman–Crippen LogP) is 1.99. The number of carbonyl (C=O) groups is 2. The van der Waals surface area contributed by atoms with Crippen LogP contribution in [-0.2, 0) is 11.2 Å². The summed E-state index contributed by atoms with van der Waals surface area (Å²) >= 11 is 0. The number of rotatable bonds is 5. The largest absolute Gasteiger partial charge is 0.385 e. The molecule has 2 amide bonds. The summed E-state index contributed by atoms with van der Waals surface area (Å²) in [5, 5.41) is 3.33. The Balaban J connectivity index is 2.13. The van der Waals surface area contributed by atoms with Crippen molar-refractivity contribution in [3.8, 4) is 0 Å². The number of anilines is 1. The minimum atomic E-state index is -0.0824. The van der Waals surface area contributed by atoms with Crippen LogP contribution in [0.1, 0.15) is 36.2 Å². The van der Waals surface area contributed by atoms with Gasteiger partial charge in [-0.2, -0.15) is 0 Å². The highest BCUT2D eigenvalue weighted by molar-refractivity contribution is 5.99. The van der Waals surface area contributed by atoms with Crippen LogP contribution in [-0.4, -0.2) is 54.8 Å². The fraction of sp³-hybridized carbons (Fsp3) is 0.529. The number of hydrogen-bond donors (Lipinski definition) is 1. The minimum Gasteiger partial charge on any atom is -0.385 e. The highest BCUT2D eigenvalue weighted by Gasteiger charge is 2.22. The molecule has 0 unspecified atom stereocenters. The van der Waals surface area contributed by atoms with Crippen molar-refractivity contribution in [2.45, 2.75) is 26.7 Å². The van der Waals surface area contributed by atoms with E-state index in [1.165, 1.54) is 4.90 Å². The van der Waals surface area contributed by atoms with E-state index >= 15 is 0 Å². The van der Waals surface area contributed by atoms with Crippen LogP contribution in [0.4, 0.5) is 5.69 Å². The summed E-state index contributed by atoms with van der Waals surface area (Å²) in [6, 6.07) is 5.75. The van der Waals surface area contributed by atoms with Crippen LogP contribution in [0.2, 0.25) is 0 Å². The number of hydrogen-bond acceptors (Lipinski definition) is 3. The maximum absolute atomic E-state index is 12.7. The van der Waals surface area contributed by atoms with E-state index in [1.54, 1.807) is 11.9 Å². The van der Waals surface area contributed by atoms with Crippen molar-refractivity contribution >= 4 is 17.5 Å². The maximum atomic E-state index is 12.7. The Morgan fingerprint density at radius 1 is 1.23 bits per heavy atom. The molecule has 0 saturated carbocycles. The van der Waals surface area contributed by atoms with Crippen molar-refractivity contribution in [2.24, 2.45) is 0 Å². The summed E-state index contributed by atoms with van der Waals surface area (Å²) < 4.78 is 0. The van der Waals surface area contributed by atoms with Gasteiger partial charge < -0.3 is 15.1 Å². The summed E-state index contributed by atoms with van der Waals surface area (Å²) in [5.74, 6) is -0.0928. The van der Waals surface area contributed by atoms with Crippen LogP contribution in [0.15, 0.2) is 18.2 Å². The molecule has 0 atom stereocenters. The van der Waals surface area contributed by atoms with Crippen LogP contribution >= 0.6 is 0 Å². The van der Waals surface area contributed by atoms with Crippen molar-refractivity contribution < 1.29 is 9.59 Å². The van der Waals surface area contributed by atoms with E-state index in [4.69, 9.17) is 0 Å². The molecule has 1 heterocycles. The summed E-state index contributed by atoms with van der Waals surface area (Å²) in [6.45, 7) is 6.30. The molecule has 5 nitrogen and oxygen atoms in total. The first kappa shape index (κ1) is 16.3. The van der Waals surface area contributed by atoms with Gasteiger partial charge >= 0.3 is 0 Å². The number of nitrogens with zero attached hydrogens (tertiary/aromatic N) is 2. The lowest BCUT2D eigenvalue weighted by molar-refractivity contribution is -0.131. The second-order valence-electron chi connectivity index (χ2n) is 5.59. The molecule has 0 bridgehead atoms. The van der Waals surface area contributed by atoms with Gasteiger partial charge in [-0.05, 0) is 44.4 Å². The van der Waals surface area contributed by atoms with E-state index in [1.807, 2.05) is 32.0 Å². The van der Waals surface area contributed by atoms with Crippen molar-refractivity contribution in [3.63, 3.8) is 0 Å². The molecular weight excluding hydrogens is 278 g/mol. The first-order valence-corrected chi connectivity index (χ1v) is 7.97. The molecule has 2 rings (SSSR count). The third kappa shape index (κ3) is 3.40. The number of amides is 2. The van der Waals surface area contributed by atoms with Gasteiger partial charge in [0.2, 0.25) is 5.91 Å². The Morgan fingerprint density at radius 3 is 2.64 bits per heavy atom. The Morgan fingerprint density at radius 2 is 1.95 bits per heavy atom. The van der Waals surface area contributed by atoms with Crippen molar-refractivity contribution in [3.05, 3.63) is 29.3 Å². The second-order valence-corrected chi connectivity index (χ2v) is 5.59. The Hall–Kier alpha value is -2.04. The molecule has 1 aliphatic heterocycles. The fourth-order valence-electron chi connectivity index (χ4n) is 2.87. The molecule has 0 fully saturated rings. The van der Waals surface area contributed by atoms with E-state index in [2.05, 4.69) is 5.32 Å². The lowest BCUT2D eigenvalue weighted by Gasteiger charge is -2.25. The average Bonchev–Trinajstić information content (AvgIpc) is 2.54. The molecule has 0 aromatic heterocycles. The first-order valence-electron chi connectivity index (χ1n) is 7.97. The standard InChI is InChI=1S/C17H25N3O2/c1-4-20(5-2)16(21)12-19(3)17(22)14-8-6-10-15-13(14)9-7-11-18-15/h6,8,10,18H,4-5,7,9,11-12H2,1-3H3. The number of nitrogens with one attached hydrogen (secondary N) is 1. The third-order valence-corrected chi connectivity index (χ3v) is 4.16. The van der Waals surface area contributed by atoms with Gasteiger partial charge in [0, 0.05) is 37.9 Å². The average molecular weight is 303 g/mol. The van der Waals surface area contributed by atoms with E-state index in [0.717, 1.165) is 30.6 Å². The van der Waals surface area contributed by atoms with E-state index in [0.29, 0.717) is 18.7 Å². The van der Waals surface area contributed by atoms with Gasteiger partial charge in [-0.1, -0.05) is 6.07 Å². The summed E-state index contributed by atoms with van der Waals surface area (Å²) in [6.07, 6.45) is 1.93. The van der Waals surface area contributed by atoms with Crippen LogP contribution in [0.3, 0.4) is 0 Å². The summed E-state index contributed by atoms with van der Waals surface area (Å²) in [5.41, 5.74) is 2.82. The zero-order valence-electron chi connectivity index (χ0n) is 13.7. The number of benzene rings is 1. The van der Waals surface area contributed by atoms with Gasteiger partial charge in [-0.3, -0.25) is 9.59 Å². The van der Waals surface area contributed by atoms with Gasteiger partial charge in [-0.15, -0.1) is 0 Å². The third-order valence-electron chi connectivity index (χ3n) is 4.16. The second kappa shape index (κ2) is 7.29. The maximum Gasteiger partial charge on any atom is 0.254 e. The SMILES string of the molecule is CCN(CC)C(=O)CN(C)C(=O)c1cccc2c1CCCN2. The quantitative estimate of drug-likeness (QED) is 0.905. The zero-order valence-corrected chi connectivity index (χ0v) is 13.7. The van der Waals surface area contributed by atoms with E-state index < -0.39 is 0 Å². The molecule has 0 spiro atoms. The fourth-order valence-corrected chi connectivity index (χ4v) is 2.87. The molecule has 5 heteroatoms. The van der Waals surface area contributed by atoms with Gasteiger partial charge in [0.1, 0.15) is 0 Å². The Labute approximate surface area is 132 Å². The molecule has 0 saturated heterocycles. The van der Waals surface area contributed by atoms with Gasteiger partial charge in [0.15, 0.2) is 0 Å². The Bertz CT molecular complexity index is 553. The normalized spacial score (nSPS) is 13.0. The molecule has 1 aromatic carbocycles. The molecule has 120 valence electrons.